The van der Waals surface area contributed by atoms with Gasteiger partial charge in [0.1, 0.15) is 0 Å². The molecule has 1 atom stereocenters. The topological polar surface area (TPSA) is 112 Å². The van der Waals surface area contributed by atoms with Crippen LogP contribution in [-0.2, 0) is 9.59 Å². The van der Waals surface area contributed by atoms with Gasteiger partial charge in [0.25, 0.3) is 11.8 Å². The van der Waals surface area contributed by atoms with E-state index in [9.17, 15) is 24.9 Å². The van der Waals surface area contributed by atoms with Gasteiger partial charge in [-0.1, -0.05) is 0 Å². The first-order valence-electron chi connectivity index (χ1n) is 5.47. The van der Waals surface area contributed by atoms with Gasteiger partial charge >= 0.3 is 0 Å². The SMILES string of the molecule is O=C1C=CC(=O)N1CCC(O)On1c(O)ccc1O. The van der Waals surface area contributed by atoms with E-state index in [1.165, 1.54) is 12.1 Å². The first kappa shape index (κ1) is 13.0. The summed E-state index contributed by atoms with van der Waals surface area (Å²) >= 11 is 0. The molecule has 0 saturated heterocycles. The Bertz CT molecular complexity index is 498. The molecule has 2 amide bonds. The number of carbonyl (C=O) groups is 2. The maximum Gasteiger partial charge on any atom is 0.253 e. The fourth-order valence-electron chi connectivity index (χ4n) is 1.58. The third-order valence-electron chi connectivity index (χ3n) is 2.52. The largest absolute Gasteiger partial charge is 0.492 e. The van der Waals surface area contributed by atoms with E-state index in [1.54, 1.807) is 0 Å². The molecule has 3 N–H and O–H groups in total. The molecule has 1 aromatic rings. The number of amides is 2. The maximum absolute atomic E-state index is 11.2. The zero-order valence-electron chi connectivity index (χ0n) is 9.76. The van der Waals surface area contributed by atoms with E-state index in [1.807, 2.05) is 0 Å². The van der Waals surface area contributed by atoms with Crippen molar-refractivity contribution in [1.82, 2.24) is 9.63 Å². The van der Waals surface area contributed by atoms with Crippen molar-refractivity contribution in [2.75, 3.05) is 6.54 Å². The van der Waals surface area contributed by atoms with E-state index in [0.29, 0.717) is 4.73 Å². The first-order chi connectivity index (χ1) is 8.99. The van der Waals surface area contributed by atoms with Crippen LogP contribution in [0, 0.1) is 0 Å². The molecule has 19 heavy (non-hydrogen) atoms. The van der Waals surface area contributed by atoms with Crippen LogP contribution in [0.15, 0.2) is 24.3 Å². The summed E-state index contributed by atoms with van der Waals surface area (Å²) < 4.78 is 0.635. The molecule has 0 aliphatic carbocycles. The van der Waals surface area contributed by atoms with Gasteiger partial charge in [0, 0.05) is 37.3 Å². The molecule has 0 fully saturated rings. The molecule has 0 saturated carbocycles. The molecular formula is C11H12N2O6. The highest BCUT2D eigenvalue weighted by Crippen LogP contribution is 2.19. The number of rotatable bonds is 5. The fourth-order valence-corrected chi connectivity index (χ4v) is 1.58. The van der Waals surface area contributed by atoms with Crippen LogP contribution in [-0.4, -0.2) is 49.6 Å². The van der Waals surface area contributed by atoms with Gasteiger partial charge in [0.2, 0.25) is 18.1 Å². The van der Waals surface area contributed by atoms with Gasteiger partial charge in [-0.25, -0.2) is 0 Å². The summed E-state index contributed by atoms with van der Waals surface area (Å²) in [6.45, 7) is -0.0331. The van der Waals surface area contributed by atoms with Crippen molar-refractivity contribution in [2.45, 2.75) is 12.7 Å². The Morgan fingerprint density at radius 2 is 1.63 bits per heavy atom. The fraction of sp³-hybridized carbons (Fsp3) is 0.273. The average molecular weight is 268 g/mol. The molecule has 0 aromatic carbocycles. The minimum atomic E-state index is -1.40. The van der Waals surface area contributed by atoms with Gasteiger partial charge < -0.3 is 20.2 Å². The number of carbonyl (C=O) groups excluding carboxylic acids is 2. The predicted molar refractivity (Wildman–Crippen MR) is 60.8 cm³/mol. The van der Waals surface area contributed by atoms with Gasteiger partial charge in [-0.2, -0.15) is 0 Å². The Labute approximate surface area is 107 Å². The van der Waals surface area contributed by atoms with Crippen molar-refractivity contribution in [3.8, 4) is 11.8 Å². The normalized spacial score (nSPS) is 16.2. The van der Waals surface area contributed by atoms with Crippen molar-refractivity contribution >= 4 is 11.8 Å². The zero-order chi connectivity index (χ0) is 14.0. The highest BCUT2D eigenvalue weighted by atomic mass is 16.7. The van der Waals surface area contributed by atoms with E-state index in [-0.39, 0.29) is 24.7 Å². The lowest BCUT2D eigenvalue weighted by molar-refractivity contribution is -0.141. The van der Waals surface area contributed by atoms with E-state index < -0.39 is 18.1 Å². The molecule has 0 spiro atoms. The monoisotopic (exact) mass is 268 g/mol. The summed E-state index contributed by atoms with van der Waals surface area (Å²) in [5.41, 5.74) is 0. The molecule has 102 valence electrons. The molecule has 1 unspecified atom stereocenters. The summed E-state index contributed by atoms with van der Waals surface area (Å²) in [5.74, 6) is -1.68. The summed E-state index contributed by atoms with van der Waals surface area (Å²) in [6.07, 6.45) is 0.819. The summed E-state index contributed by atoms with van der Waals surface area (Å²) in [5, 5.41) is 28.1. The molecule has 0 radical (unpaired) electrons. The van der Waals surface area contributed by atoms with Crippen LogP contribution in [0.1, 0.15) is 6.42 Å². The zero-order valence-corrected chi connectivity index (χ0v) is 9.76. The van der Waals surface area contributed by atoms with E-state index >= 15 is 0 Å². The highest BCUT2D eigenvalue weighted by molar-refractivity contribution is 6.12. The van der Waals surface area contributed by atoms with Crippen molar-refractivity contribution in [1.29, 1.82) is 0 Å². The van der Waals surface area contributed by atoms with Crippen LogP contribution in [0.5, 0.6) is 11.8 Å². The molecule has 1 aliphatic heterocycles. The van der Waals surface area contributed by atoms with Gasteiger partial charge in [-0.15, -0.1) is 4.73 Å². The second kappa shape index (κ2) is 5.02. The molecule has 0 bridgehead atoms. The molecular weight excluding hydrogens is 256 g/mol. The van der Waals surface area contributed by atoms with Crippen molar-refractivity contribution < 1.29 is 29.7 Å². The van der Waals surface area contributed by atoms with E-state index in [0.717, 1.165) is 17.1 Å². The number of aromatic nitrogens is 1. The number of nitrogens with zero attached hydrogens (tertiary/aromatic N) is 2. The number of aromatic hydroxyl groups is 2. The van der Waals surface area contributed by atoms with Crippen molar-refractivity contribution in [2.24, 2.45) is 0 Å². The lowest BCUT2D eigenvalue weighted by atomic mass is 10.4. The van der Waals surface area contributed by atoms with Crippen LogP contribution < -0.4 is 4.84 Å². The second-order valence-electron chi connectivity index (χ2n) is 3.85. The number of hydrogen-bond donors (Lipinski definition) is 3. The Morgan fingerprint density at radius 1 is 1.11 bits per heavy atom. The summed E-state index contributed by atoms with van der Waals surface area (Å²) in [6, 6.07) is 2.36. The first-order valence-corrected chi connectivity index (χ1v) is 5.47. The van der Waals surface area contributed by atoms with Crippen LogP contribution in [0.25, 0.3) is 0 Å². The quantitative estimate of drug-likeness (QED) is 0.464. The smallest absolute Gasteiger partial charge is 0.253 e. The lowest BCUT2D eigenvalue weighted by Gasteiger charge is -2.18. The number of hydrogen-bond acceptors (Lipinski definition) is 6. The third kappa shape index (κ3) is 2.68. The van der Waals surface area contributed by atoms with Gasteiger partial charge in [0.15, 0.2) is 0 Å². The molecule has 2 rings (SSSR count). The number of imide groups is 1. The number of aliphatic hydroxyl groups excluding tert-OH is 1. The van der Waals surface area contributed by atoms with Crippen molar-refractivity contribution in [3.63, 3.8) is 0 Å². The van der Waals surface area contributed by atoms with Gasteiger partial charge in [-0.3, -0.25) is 14.5 Å². The minimum Gasteiger partial charge on any atom is -0.492 e. The van der Waals surface area contributed by atoms with Crippen LogP contribution in [0.4, 0.5) is 0 Å². The standard InChI is InChI=1S/C11H12N2O6/c14-7-1-2-8(15)12(7)6-5-11(18)19-13-9(16)3-4-10(13)17/h1-4,11,16-18H,5-6H2. The molecule has 1 aliphatic rings. The molecule has 8 heteroatoms. The minimum absolute atomic E-state index is 0.0331. The molecule has 2 heterocycles. The summed E-state index contributed by atoms with van der Waals surface area (Å²) in [4.78, 5) is 28.3. The Morgan fingerprint density at radius 3 is 2.16 bits per heavy atom. The summed E-state index contributed by atoms with van der Waals surface area (Å²) in [7, 11) is 0. The van der Waals surface area contributed by atoms with Gasteiger partial charge in [0.05, 0.1) is 0 Å². The lowest BCUT2D eigenvalue weighted by Crippen LogP contribution is -2.35. The number of aliphatic hydroxyl groups is 1. The molecule has 8 nitrogen and oxygen atoms in total. The Balaban J connectivity index is 1.87. The van der Waals surface area contributed by atoms with Crippen molar-refractivity contribution in [3.05, 3.63) is 24.3 Å². The predicted octanol–water partition coefficient (Wildman–Crippen LogP) is -1.04. The Kier molecular flexibility index (Phi) is 3.43. The Hall–Kier alpha value is -2.48. The van der Waals surface area contributed by atoms with E-state index in [4.69, 9.17) is 4.84 Å². The maximum atomic E-state index is 11.2. The molecule has 1 aromatic heterocycles. The second-order valence-corrected chi connectivity index (χ2v) is 3.85. The van der Waals surface area contributed by atoms with Crippen LogP contribution >= 0.6 is 0 Å². The average Bonchev–Trinajstić information content (AvgIpc) is 2.84. The van der Waals surface area contributed by atoms with Crippen LogP contribution in [0.3, 0.4) is 0 Å². The van der Waals surface area contributed by atoms with E-state index in [2.05, 4.69) is 0 Å². The highest BCUT2D eigenvalue weighted by Gasteiger charge is 2.24. The third-order valence-corrected chi connectivity index (χ3v) is 2.52. The van der Waals surface area contributed by atoms with Gasteiger partial charge in [-0.05, 0) is 0 Å². The van der Waals surface area contributed by atoms with Crippen LogP contribution in [0.2, 0.25) is 0 Å².